The van der Waals surface area contributed by atoms with Crippen LogP contribution in [0.3, 0.4) is 0 Å². The fourth-order valence-corrected chi connectivity index (χ4v) is 3.08. The second-order valence-corrected chi connectivity index (χ2v) is 8.01. The van der Waals surface area contributed by atoms with Gasteiger partial charge in [0.25, 0.3) is 0 Å². The van der Waals surface area contributed by atoms with Gasteiger partial charge in [-0.3, -0.25) is 9.36 Å². The van der Waals surface area contributed by atoms with Crippen molar-refractivity contribution in [2.75, 3.05) is 18.2 Å². The molecule has 0 bridgehead atoms. The zero-order valence-electron chi connectivity index (χ0n) is 16.2. The summed E-state index contributed by atoms with van der Waals surface area (Å²) < 4.78 is 6.99. The van der Waals surface area contributed by atoms with E-state index in [0.717, 1.165) is 17.3 Å². The largest absolute Gasteiger partial charge is 0.497 e. The van der Waals surface area contributed by atoms with Gasteiger partial charge in [0.05, 0.1) is 30.9 Å². The molecule has 1 amide bonds. The Morgan fingerprint density at radius 2 is 1.86 bits per heavy atom. The summed E-state index contributed by atoms with van der Waals surface area (Å²) in [6.07, 6.45) is 4.85. The Balaban J connectivity index is 1.60. The van der Waals surface area contributed by atoms with Gasteiger partial charge in [0, 0.05) is 11.1 Å². The number of carbonyl (C=O) groups is 1. The van der Waals surface area contributed by atoms with Crippen molar-refractivity contribution in [1.82, 2.24) is 24.7 Å². The Labute approximate surface area is 167 Å². The van der Waals surface area contributed by atoms with Crippen LogP contribution in [0.1, 0.15) is 26.6 Å². The minimum atomic E-state index is -0.165. The van der Waals surface area contributed by atoms with E-state index in [-0.39, 0.29) is 17.1 Å². The Kier molecular flexibility index (Phi) is 5.93. The van der Waals surface area contributed by atoms with Gasteiger partial charge < -0.3 is 10.1 Å². The number of carbonyl (C=O) groups excluding carboxylic acids is 1. The first kappa shape index (κ1) is 19.8. The van der Waals surface area contributed by atoms with Gasteiger partial charge >= 0.3 is 0 Å². The molecule has 0 unspecified atom stereocenters. The first-order valence-corrected chi connectivity index (χ1v) is 9.65. The molecule has 1 N–H and O–H groups in total. The van der Waals surface area contributed by atoms with E-state index >= 15 is 0 Å². The smallest absolute Gasteiger partial charge is 0.234 e. The Morgan fingerprint density at radius 3 is 2.46 bits per heavy atom. The van der Waals surface area contributed by atoms with Crippen LogP contribution in [0.25, 0.3) is 5.69 Å². The van der Waals surface area contributed by atoms with Crippen molar-refractivity contribution in [1.29, 1.82) is 0 Å². The average molecular weight is 398 g/mol. The molecule has 0 spiro atoms. The molecule has 8 nitrogen and oxygen atoms in total. The topological polar surface area (TPSA) is 94.8 Å². The molecule has 3 rings (SSSR count). The van der Waals surface area contributed by atoms with E-state index in [1.807, 2.05) is 49.6 Å². The molecule has 0 aliphatic heterocycles. The summed E-state index contributed by atoms with van der Waals surface area (Å²) in [7, 11) is 1.62. The third-order valence-electron chi connectivity index (χ3n) is 3.81. The van der Waals surface area contributed by atoms with Crippen LogP contribution in [-0.4, -0.2) is 43.5 Å². The molecule has 3 aromatic rings. The van der Waals surface area contributed by atoms with Gasteiger partial charge in [-0.25, -0.2) is 9.97 Å². The number of anilines is 1. The second-order valence-electron chi connectivity index (χ2n) is 7.06. The summed E-state index contributed by atoms with van der Waals surface area (Å²) in [5.41, 5.74) is 1.32. The maximum atomic E-state index is 12.3. The zero-order chi connectivity index (χ0) is 20.1. The van der Waals surface area contributed by atoms with Crippen LogP contribution >= 0.6 is 11.8 Å². The minimum absolute atomic E-state index is 0.135. The predicted molar refractivity (Wildman–Crippen MR) is 108 cm³/mol. The Hall–Kier alpha value is -2.94. The number of thioether (sulfide) groups is 1. The molecule has 0 aliphatic carbocycles. The number of nitrogens with zero attached hydrogens (tertiary/aromatic N) is 5. The highest BCUT2D eigenvalue weighted by atomic mass is 32.2. The summed E-state index contributed by atoms with van der Waals surface area (Å²) in [5.74, 6) is 1.52. The van der Waals surface area contributed by atoms with Crippen LogP contribution in [-0.2, 0) is 10.2 Å². The minimum Gasteiger partial charge on any atom is -0.497 e. The SMILES string of the molecule is COc1ccc(-n2cnnc2SCC(=O)Nc2cnc(C(C)(C)C)nc2)cc1. The molecule has 146 valence electrons. The van der Waals surface area contributed by atoms with E-state index < -0.39 is 0 Å². The molecular formula is C19H22N6O2S. The van der Waals surface area contributed by atoms with Gasteiger partial charge in [0.15, 0.2) is 5.16 Å². The number of ether oxygens (including phenoxy) is 1. The van der Waals surface area contributed by atoms with Crippen molar-refractivity contribution in [2.45, 2.75) is 31.3 Å². The van der Waals surface area contributed by atoms with E-state index in [1.165, 1.54) is 11.8 Å². The zero-order valence-corrected chi connectivity index (χ0v) is 17.0. The predicted octanol–water partition coefficient (Wildman–Crippen LogP) is 3.09. The van der Waals surface area contributed by atoms with Crippen molar-refractivity contribution in [3.8, 4) is 11.4 Å². The lowest BCUT2D eigenvalue weighted by Gasteiger charge is -2.16. The lowest BCUT2D eigenvalue weighted by atomic mass is 9.96. The highest BCUT2D eigenvalue weighted by Gasteiger charge is 2.17. The summed E-state index contributed by atoms with van der Waals surface area (Å²) in [4.78, 5) is 20.9. The molecule has 0 radical (unpaired) electrons. The van der Waals surface area contributed by atoms with Gasteiger partial charge in [-0.1, -0.05) is 32.5 Å². The molecular weight excluding hydrogens is 376 g/mol. The second kappa shape index (κ2) is 8.39. The van der Waals surface area contributed by atoms with Crippen molar-refractivity contribution < 1.29 is 9.53 Å². The highest BCUT2D eigenvalue weighted by molar-refractivity contribution is 7.99. The van der Waals surface area contributed by atoms with Gasteiger partial charge in [0.2, 0.25) is 5.91 Å². The van der Waals surface area contributed by atoms with E-state index in [0.29, 0.717) is 10.8 Å². The maximum Gasteiger partial charge on any atom is 0.234 e. The number of hydrogen-bond donors (Lipinski definition) is 1. The number of nitrogens with one attached hydrogen (secondary N) is 1. The van der Waals surface area contributed by atoms with Crippen LogP contribution in [0.15, 0.2) is 48.1 Å². The van der Waals surface area contributed by atoms with Gasteiger partial charge in [-0.05, 0) is 24.3 Å². The fourth-order valence-electron chi connectivity index (χ4n) is 2.35. The molecule has 9 heteroatoms. The first-order valence-electron chi connectivity index (χ1n) is 8.66. The third-order valence-corrected chi connectivity index (χ3v) is 4.75. The van der Waals surface area contributed by atoms with Gasteiger partial charge in [-0.2, -0.15) is 0 Å². The van der Waals surface area contributed by atoms with E-state index in [4.69, 9.17) is 4.74 Å². The molecule has 1 aromatic carbocycles. The molecule has 0 saturated carbocycles. The van der Waals surface area contributed by atoms with Gasteiger partial charge in [-0.15, -0.1) is 10.2 Å². The normalized spacial score (nSPS) is 11.3. The number of benzene rings is 1. The van der Waals surface area contributed by atoms with Crippen LogP contribution in [0.5, 0.6) is 5.75 Å². The number of methoxy groups -OCH3 is 1. The molecule has 2 heterocycles. The van der Waals surface area contributed by atoms with Crippen LogP contribution in [0, 0.1) is 0 Å². The summed E-state index contributed by atoms with van der Waals surface area (Å²) in [5, 5.41) is 11.5. The molecule has 0 fully saturated rings. The third kappa shape index (κ3) is 4.86. The number of hydrogen-bond acceptors (Lipinski definition) is 7. The van der Waals surface area contributed by atoms with E-state index in [9.17, 15) is 4.79 Å². The molecule has 2 aromatic heterocycles. The highest BCUT2D eigenvalue weighted by Crippen LogP contribution is 2.22. The number of rotatable bonds is 6. The molecule has 28 heavy (non-hydrogen) atoms. The summed E-state index contributed by atoms with van der Waals surface area (Å²) in [6, 6.07) is 7.52. The quantitative estimate of drug-likeness (QED) is 0.638. The lowest BCUT2D eigenvalue weighted by molar-refractivity contribution is -0.113. The Morgan fingerprint density at radius 1 is 1.18 bits per heavy atom. The number of aromatic nitrogens is 5. The van der Waals surface area contributed by atoms with Crippen molar-refractivity contribution >= 4 is 23.4 Å². The van der Waals surface area contributed by atoms with Crippen LogP contribution in [0.2, 0.25) is 0 Å². The number of amides is 1. The Bertz CT molecular complexity index is 932. The fraction of sp³-hybridized carbons (Fsp3) is 0.316. The molecule has 0 atom stereocenters. The van der Waals surface area contributed by atoms with Crippen molar-refractivity contribution in [3.63, 3.8) is 0 Å². The van der Waals surface area contributed by atoms with Crippen molar-refractivity contribution in [2.24, 2.45) is 0 Å². The van der Waals surface area contributed by atoms with Gasteiger partial charge in [0.1, 0.15) is 17.9 Å². The van der Waals surface area contributed by atoms with Crippen LogP contribution < -0.4 is 10.1 Å². The standard InChI is InChI=1S/C19H22N6O2S/c1-19(2,3)17-20-9-13(10-21-17)23-16(26)11-28-18-24-22-12-25(18)14-5-7-15(27-4)8-6-14/h5-10,12H,11H2,1-4H3,(H,23,26). The molecule has 0 saturated heterocycles. The van der Waals surface area contributed by atoms with E-state index in [1.54, 1.807) is 25.8 Å². The average Bonchev–Trinajstić information content (AvgIpc) is 3.15. The monoisotopic (exact) mass is 398 g/mol. The maximum absolute atomic E-state index is 12.3. The summed E-state index contributed by atoms with van der Waals surface area (Å²) >= 11 is 1.30. The van der Waals surface area contributed by atoms with E-state index in [2.05, 4.69) is 25.5 Å². The lowest BCUT2D eigenvalue weighted by Crippen LogP contribution is -2.18. The van der Waals surface area contributed by atoms with Crippen molar-refractivity contribution in [3.05, 3.63) is 48.8 Å². The first-order chi connectivity index (χ1) is 13.4. The summed E-state index contributed by atoms with van der Waals surface area (Å²) in [6.45, 7) is 6.11. The molecule has 0 aliphatic rings. The van der Waals surface area contributed by atoms with Crippen LogP contribution in [0.4, 0.5) is 5.69 Å².